The third-order valence-electron chi connectivity index (χ3n) is 2.73. The number of nitrogen functional groups attached to an aromatic ring is 1. The summed E-state index contributed by atoms with van der Waals surface area (Å²) in [6.45, 7) is -0.253. The fraction of sp³-hybridized carbons (Fsp3) is 0.143. The second kappa shape index (κ2) is 5.14. The summed E-state index contributed by atoms with van der Waals surface area (Å²) < 4.78 is 26.0. The van der Waals surface area contributed by atoms with Gasteiger partial charge in [-0.25, -0.2) is 8.78 Å². The van der Waals surface area contributed by atoms with Gasteiger partial charge in [-0.3, -0.25) is 0 Å². The zero-order chi connectivity index (χ0) is 13.1. The average Bonchev–Trinajstić information content (AvgIpc) is 2.38. The second-order valence-electron chi connectivity index (χ2n) is 4.01. The highest BCUT2D eigenvalue weighted by molar-refractivity contribution is 5.71. The third-order valence-corrected chi connectivity index (χ3v) is 2.73. The maximum Gasteiger partial charge on any atom is 0.264 e. The molecule has 0 aromatic heterocycles. The molecule has 2 aromatic rings. The minimum Gasteiger partial charge on any atom is -0.399 e. The van der Waals surface area contributed by atoms with Crippen molar-refractivity contribution < 1.29 is 13.9 Å². The summed E-state index contributed by atoms with van der Waals surface area (Å²) in [6, 6.07) is 11.3. The topological polar surface area (TPSA) is 46.2 Å². The predicted octanol–water partition coefficient (Wildman–Crippen LogP) is 3.37. The van der Waals surface area contributed by atoms with Crippen molar-refractivity contribution in [1.29, 1.82) is 0 Å². The number of aliphatic hydroxyl groups excluding tert-OH is 1. The lowest BCUT2D eigenvalue weighted by molar-refractivity contribution is 0.151. The van der Waals surface area contributed by atoms with Crippen LogP contribution < -0.4 is 5.73 Å². The van der Waals surface area contributed by atoms with E-state index in [9.17, 15) is 8.78 Å². The van der Waals surface area contributed by atoms with Gasteiger partial charge in [0.2, 0.25) is 0 Å². The Balaban J connectivity index is 2.56. The van der Waals surface area contributed by atoms with Crippen molar-refractivity contribution in [2.75, 3.05) is 5.73 Å². The first-order valence-electron chi connectivity index (χ1n) is 5.49. The molecule has 0 fully saturated rings. The van der Waals surface area contributed by atoms with Crippen molar-refractivity contribution in [3.63, 3.8) is 0 Å². The molecule has 18 heavy (non-hydrogen) atoms. The molecule has 0 aliphatic rings. The molecule has 2 rings (SSSR count). The van der Waals surface area contributed by atoms with Crippen molar-refractivity contribution >= 4 is 5.69 Å². The number of halogens is 2. The summed E-state index contributed by atoms with van der Waals surface area (Å²) in [5.74, 6) is 0. The first kappa shape index (κ1) is 12.5. The first-order valence-corrected chi connectivity index (χ1v) is 5.49. The fourth-order valence-corrected chi connectivity index (χ4v) is 1.86. The van der Waals surface area contributed by atoms with Gasteiger partial charge in [0.15, 0.2) is 0 Å². The molecular formula is C14H13F2NO. The molecule has 0 saturated heterocycles. The van der Waals surface area contributed by atoms with E-state index in [0.717, 1.165) is 0 Å². The van der Waals surface area contributed by atoms with Crippen molar-refractivity contribution in [3.05, 3.63) is 53.6 Å². The highest BCUT2D eigenvalue weighted by atomic mass is 19.3. The second-order valence-corrected chi connectivity index (χ2v) is 4.01. The average molecular weight is 249 g/mol. The quantitative estimate of drug-likeness (QED) is 0.819. The van der Waals surface area contributed by atoms with E-state index in [4.69, 9.17) is 10.8 Å². The third kappa shape index (κ3) is 2.49. The molecule has 3 N–H and O–H groups in total. The van der Waals surface area contributed by atoms with Crippen LogP contribution in [0, 0.1) is 0 Å². The summed E-state index contributed by atoms with van der Waals surface area (Å²) >= 11 is 0. The monoisotopic (exact) mass is 249 g/mol. The van der Waals surface area contributed by atoms with Crippen LogP contribution in [-0.4, -0.2) is 5.11 Å². The normalized spacial score (nSPS) is 10.9. The number of hydrogen-bond acceptors (Lipinski definition) is 2. The number of benzene rings is 2. The Bertz CT molecular complexity index is 555. The van der Waals surface area contributed by atoms with E-state index in [2.05, 4.69) is 0 Å². The summed E-state index contributed by atoms with van der Waals surface area (Å²) in [6.07, 6.45) is -2.59. The molecule has 0 saturated carbocycles. The van der Waals surface area contributed by atoms with Gasteiger partial charge in [-0.1, -0.05) is 24.3 Å². The molecule has 0 aliphatic carbocycles. The van der Waals surface area contributed by atoms with E-state index in [-0.39, 0.29) is 12.2 Å². The Morgan fingerprint density at radius 2 is 1.89 bits per heavy atom. The van der Waals surface area contributed by atoms with Crippen LogP contribution in [0.15, 0.2) is 42.5 Å². The van der Waals surface area contributed by atoms with Gasteiger partial charge in [-0.15, -0.1) is 0 Å². The fourth-order valence-electron chi connectivity index (χ4n) is 1.86. The van der Waals surface area contributed by atoms with Gasteiger partial charge in [0.1, 0.15) is 0 Å². The molecule has 94 valence electrons. The van der Waals surface area contributed by atoms with E-state index in [1.54, 1.807) is 36.4 Å². The molecular weight excluding hydrogens is 236 g/mol. The van der Waals surface area contributed by atoms with Crippen LogP contribution in [0.5, 0.6) is 0 Å². The van der Waals surface area contributed by atoms with Crippen molar-refractivity contribution in [2.24, 2.45) is 0 Å². The Hall–Kier alpha value is -1.94. The number of aliphatic hydroxyl groups is 1. The van der Waals surface area contributed by atoms with E-state index < -0.39 is 6.43 Å². The van der Waals surface area contributed by atoms with E-state index in [1.807, 2.05) is 0 Å². The molecule has 0 amide bonds. The minimum atomic E-state index is -2.59. The van der Waals surface area contributed by atoms with Crippen LogP contribution in [0.4, 0.5) is 14.5 Å². The zero-order valence-corrected chi connectivity index (χ0v) is 9.61. The van der Waals surface area contributed by atoms with E-state index in [0.29, 0.717) is 22.4 Å². The van der Waals surface area contributed by atoms with Crippen LogP contribution in [-0.2, 0) is 6.61 Å². The zero-order valence-electron chi connectivity index (χ0n) is 9.61. The van der Waals surface area contributed by atoms with Gasteiger partial charge in [-0.05, 0) is 34.9 Å². The largest absolute Gasteiger partial charge is 0.399 e. The first-order chi connectivity index (χ1) is 8.61. The molecule has 2 aromatic carbocycles. The smallest absolute Gasteiger partial charge is 0.264 e. The van der Waals surface area contributed by atoms with Gasteiger partial charge in [-0.2, -0.15) is 0 Å². The number of nitrogens with two attached hydrogens (primary N) is 1. The maximum absolute atomic E-state index is 13.0. The van der Waals surface area contributed by atoms with Gasteiger partial charge in [0.05, 0.1) is 6.61 Å². The summed E-state index contributed by atoms with van der Waals surface area (Å²) in [7, 11) is 0. The van der Waals surface area contributed by atoms with E-state index in [1.165, 1.54) is 6.07 Å². The lowest BCUT2D eigenvalue weighted by Crippen LogP contribution is -1.94. The van der Waals surface area contributed by atoms with Crippen molar-refractivity contribution in [2.45, 2.75) is 13.0 Å². The number of hydrogen-bond donors (Lipinski definition) is 2. The lowest BCUT2D eigenvalue weighted by Gasteiger charge is -2.11. The standard InChI is InChI=1S/C14H13F2NO/c15-14(16)13-6-9(8-18)4-5-12(13)10-2-1-3-11(17)7-10/h1-7,14,18H,8,17H2. The van der Waals surface area contributed by atoms with E-state index >= 15 is 0 Å². The number of anilines is 1. The minimum absolute atomic E-state index is 0.0906. The van der Waals surface area contributed by atoms with Crippen LogP contribution in [0.2, 0.25) is 0 Å². The highest BCUT2D eigenvalue weighted by Crippen LogP contribution is 2.32. The van der Waals surface area contributed by atoms with Crippen molar-refractivity contribution in [1.82, 2.24) is 0 Å². The molecule has 0 radical (unpaired) electrons. The lowest BCUT2D eigenvalue weighted by atomic mass is 9.97. The molecule has 0 spiro atoms. The summed E-state index contributed by atoms with van der Waals surface area (Å²) in [5, 5.41) is 8.98. The van der Waals surface area contributed by atoms with Crippen molar-refractivity contribution in [3.8, 4) is 11.1 Å². The number of rotatable bonds is 3. The van der Waals surface area contributed by atoms with Gasteiger partial charge in [0, 0.05) is 11.3 Å². The Morgan fingerprint density at radius 1 is 1.11 bits per heavy atom. The molecule has 0 bridgehead atoms. The van der Waals surface area contributed by atoms with Crippen LogP contribution >= 0.6 is 0 Å². The maximum atomic E-state index is 13.0. The molecule has 2 nitrogen and oxygen atoms in total. The SMILES string of the molecule is Nc1cccc(-c2ccc(CO)cc2C(F)F)c1. The molecule has 0 aliphatic heterocycles. The Labute approximate surface area is 104 Å². The molecule has 0 unspecified atom stereocenters. The highest BCUT2D eigenvalue weighted by Gasteiger charge is 2.15. The van der Waals surface area contributed by atoms with Crippen LogP contribution in [0.25, 0.3) is 11.1 Å². The van der Waals surface area contributed by atoms with Crippen LogP contribution in [0.3, 0.4) is 0 Å². The molecule has 4 heteroatoms. The Morgan fingerprint density at radius 3 is 2.50 bits per heavy atom. The predicted molar refractivity (Wildman–Crippen MR) is 67.2 cm³/mol. The van der Waals surface area contributed by atoms with Crippen LogP contribution in [0.1, 0.15) is 17.6 Å². The van der Waals surface area contributed by atoms with Gasteiger partial charge >= 0.3 is 0 Å². The Kier molecular flexibility index (Phi) is 3.58. The summed E-state index contributed by atoms with van der Waals surface area (Å²) in [5.41, 5.74) is 7.64. The molecule has 0 heterocycles. The summed E-state index contributed by atoms with van der Waals surface area (Å²) in [4.78, 5) is 0. The number of alkyl halides is 2. The van der Waals surface area contributed by atoms with Gasteiger partial charge in [0.25, 0.3) is 6.43 Å². The van der Waals surface area contributed by atoms with Gasteiger partial charge < -0.3 is 10.8 Å². The molecule has 0 atom stereocenters.